The Bertz CT molecular complexity index is 325. The highest BCUT2D eigenvalue weighted by atomic mass is 32.2. The van der Waals surface area contributed by atoms with Gasteiger partial charge >= 0.3 is 6.03 Å². The number of rotatable bonds is 2. The van der Waals surface area contributed by atoms with Crippen LogP contribution >= 0.6 is 0 Å². The molecule has 1 fully saturated rings. The molecule has 1 rings (SSSR count). The molecule has 1 aliphatic rings. The lowest BCUT2D eigenvalue weighted by Crippen LogP contribution is -2.47. The zero-order valence-electron chi connectivity index (χ0n) is 8.30. The van der Waals surface area contributed by atoms with Crippen LogP contribution in [0.5, 0.6) is 0 Å². The minimum atomic E-state index is -3.41. The van der Waals surface area contributed by atoms with Gasteiger partial charge in [0, 0.05) is 20.6 Å². The predicted octanol–water partition coefficient (Wildman–Crippen LogP) is -0.622. The summed E-state index contributed by atoms with van der Waals surface area (Å²) in [5.41, 5.74) is 5.09. The van der Waals surface area contributed by atoms with E-state index < -0.39 is 21.4 Å². The lowest BCUT2D eigenvalue weighted by molar-refractivity contribution is 0.212. The molecule has 82 valence electrons. The maximum absolute atomic E-state index is 11.7. The van der Waals surface area contributed by atoms with E-state index in [4.69, 9.17) is 5.73 Å². The first kappa shape index (κ1) is 11.3. The van der Waals surface area contributed by atoms with Gasteiger partial charge in [0.15, 0.2) is 0 Å². The second kappa shape index (κ2) is 3.74. The van der Waals surface area contributed by atoms with Crippen molar-refractivity contribution in [3.8, 4) is 0 Å². The van der Waals surface area contributed by atoms with Gasteiger partial charge in [-0.2, -0.15) is 0 Å². The van der Waals surface area contributed by atoms with Crippen LogP contribution in [0.2, 0.25) is 0 Å². The molecule has 1 heterocycles. The van der Waals surface area contributed by atoms with Crippen LogP contribution in [0.15, 0.2) is 0 Å². The maximum atomic E-state index is 11.7. The van der Waals surface area contributed by atoms with Gasteiger partial charge in [-0.1, -0.05) is 0 Å². The van der Waals surface area contributed by atoms with E-state index in [9.17, 15) is 13.2 Å². The third kappa shape index (κ3) is 1.83. The van der Waals surface area contributed by atoms with E-state index in [2.05, 4.69) is 0 Å². The van der Waals surface area contributed by atoms with Gasteiger partial charge in [-0.25, -0.2) is 17.5 Å². The molecule has 0 aromatic carbocycles. The lowest BCUT2D eigenvalue weighted by Gasteiger charge is -2.25. The Morgan fingerprint density at radius 3 is 2.50 bits per heavy atom. The number of nitrogens with zero attached hydrogens (tertiary/aromatic N) is 2. The van der Waals surface area contributed by atoms with E-state index in [0.29, 0.717) is 19.4 Å². The van der Waals surface area contributed by atoms with E-state index in [1.165, 1.54) is 19.0 Å². The number of hydrogen-bond donors (Lipinski definition) is 1. The van der Waals surface area contributed by atoms with Gasteiger partial charge in [0.25, 0.3) is 0 Å². The number of carbonyl (C=O) groups is 1. The van der Waals surface area contributed by atoms with Gasteiger partial charge in [-0.3, -0.25) is 0 Å². The highest BCUT2D eigenvalue weighted by Crippen LogP contribution is 2.23. The number of carbonyl (C=O) groups excluding carboxylic acids is 1. The van der Waals surface area contributed by atoms with Crippen LogP contribution in [0.25, 0.3) is 0 Å². The van der Waals surface area contributed by atoms with Crippen molar-refractivity contribution in [3.05, 3.63) is 0 Å². The van der Waals surface area contributed by atoms with Crippen LogP contribution < -0.4 is 5.73 Å². The normalized spacial score (nSPS) is 23.1. The van der Waals surface area contributed by atoms with Gasteiger partial charge < -0.3 is 10.6 Å². The summed E-state index contributed by atoms with van der Waals surface area (Å²) in [6.45, 7) is 0.424. The fourth-order valence-corrected chi connectivity index (χ4v) is 3.02. The van der Waals surface area contributed by atoms with Crippen LogP contribution in [-0.2, 0) is 10.0 Å². The van der Waals surface area contributed by atoms with E-state index in [-0.39, 0.29) is 0 Å². The summed E-state index contributed by atoms with van der Waals surface area (Å²) in [4.78, 5) is 12.2. The molecule has 6 nitrogen and oxygen atoms in total. The average molecular weight is 221 g/mol. The molecule has 1 unspecified atom stereocenters. The predicted molar refractivity (Wildman–Crippen MR) is 51.9 cm³/mol. The van der Waals surface area contributed by atoms with Crippen LogP contribution in [0.3, 0.4) is 0 Å². The Balaban J connectivity index is 2.93. The fourth-order valence-electron chi connectivity index (χ4n) is 1.54. The van der Waals surface area contributed by atoms with Crippen LogP contribution in [0, 0.1) is 0 Å². The summed E-state index contributed by atoms with van der Waals surface area (Å²) >= 11 is 0. The van der Waals surface area contributed by atoms with E-state index >= 15 is 0 Å². The second-order valence-corrected chi connectivity index (χ2v) is 5.76. The first-order chi connectivity index (χ1) is 6.37. The van der Waals surface area contributed by atoms with Crippen molar-refractivity contribution >= 4 is 16.1 Å². The molecular weight excluding hydrogens is 206 g/mol. The number of urea groups is 1. The molecule has 1 aliphatic heterocycles. The molecule has 0 radical (unpaired) electrons. The fraction of sp³-hybridized carbons (Fsp3) is 0.857. The standard InChI is InChI=1S/C7H15N3O3S/c1-9(2)14(12,13)6-4-3-5-10(6)7(8)11/h6H,3-5H2,1-2H3,(H2,8,11). The zero-order valence-corrected chi connectivity index (χ0v) is 9.12. The smallest absolute Gasteiger partial charge is 0.315 e. The van der Waals surface area contributed by atoms with Crippen molar-refractivity contribution in [1.29, 1.82) is 0 Å². The molecule has 7 heteroatoms. The largest absolute Gasteiger partial charge is 0.351 e. The Morgan fingerprint density at radius 2 is 2.07 bits per heavy atom. The topological polar surface area (TPSA) is 83.7 Å². The van der Waals surface area contributed by atoms with Gasteiger partial charge in [-0.15, -0.1) is 0 Å². The van der Waals surface area contributed by atoms with Crippen LogP contribution in [0.4, 0.5) is 4.79 Å². The summed E-state index contributed by atoms with van der Waals surface area (Å²) in [7, 11) is -0.510. The molecular formula is C7H15N3O3S. The Kier molecular flexibility index (Phi) is 3.01. The SMILES string of the molecule is CN(C)S(=O)(=O)C1CCCN1C(N)=O. The molecule has 0 aromatic heterocycles. The number of likely N-dealkylation sites (tertiary alicyclic amines) is 1. The molecule has 2 N–H and O–H groups in total. The van der Waals surface area contributed by atoms with E-state index in [0.717, 1.165) is 4.31 Å². The van der Waals surface area contributed by atoms with Crippen molar-refractivity contribution in [2.45, 2.75) is 18.2 Å². The monoisotopic (exact) mass is 221 g/mol. The quantitative estimate of drug-likeness (QED) is 0.674. The molecule has 14 heavy (non-hydrogen) atoms. The third-order valence-corrected chi connectivity index (χ3v) is 4.53. The summed E-state index contributed by atoms with van der Waals surface area (Å²) in [6.07, 6.45) is 1.14. The van der Waals surface area contributed by atoms with Crippen molar-refractivity contribution in [2.75, 3.05) is 20.6 Å². The average Bonchev–Trinajstić information content (AvgIpc) is 2.51. The first-order valence-corrected chi connectivity index (χ1v) is 5.85. The van der Waals surface area contributed by atoms with Crippen LogP contribution in [0.1, 0.15) is 12.8 Å². The Hall–Kier alpha value is -0.820. The lowest BCUT2D eigenvalue weighted by atomic mass is 10.4. The summed E-state index contributed by atoms with van der Waals surface area (Å²) in [6, 6.07) is -0.669. The molecule has 0 saturated carbocycles. The minimum Gasteiger partial charge on any atom is -0.351 e. The molecule has 0 aliphatic carbocycles. The molecule has 0 bridgehead atoms. The molecule has 1 saturated heterocycles. The minimum absolute atomic E-state index is 0.424. The summed E-state index contributed by atoms with van der Waals surface area (Å²) in [5, 5.41) is -0.782. The summed E-state index contributed by atoms with van der Waals surface area (Å²) < 4.78 is 24.6. The number of primary amides is 1. The number of sulfonamides is 1. The summed E-state index contributed by atoms with van der Waals surface area (Å²) in [5.74, 6) is 0. The van der Waals surface area contributed by atoms with Gasteiger partial charge in [-0.05, 0) is 12.8 Å². The zero-order chi connectivity index (χ0) is 10.9. The van der Waals surface area contributed by atoms with E-state index in [1.807, 2.05) is 0 Å². The van der Waals surface area contributed by atoms with Gasteiger partial charge in [0.1, 0.15) is 5.37 Å². The van der Waals surface area contributed by atoms with Crippen LogP contribution in [-0.4, -0.2) is 49.7 Å². The van der Waals surface area contributed by atoms with Crippen molar-refractivity contribution in [3.63, 3.8) is 0 Å². The van der Waals surface area contributed by atoms with Crippen molar-refractivity contribution in [1.82, 2.24) is 9.21 Å². The molecule has 0 aromatic rings. The van der Waals surface area contributed by atoms with Gasteiger partial charge in [0.2, 0.25) is 10.0 Å². The molecule has 1 atom stereocenters. The second-order valence-electron chi connectivity index (χ2n) is 3.46. The highest BCUT2D eigenvalue weighted by Gasteiger charge is 2.38. The third-order valence-electron chi connectivity index (χ3n) is 2.33. The molecule has 2 amide bonds. The van der Waals surface area contributed by atoms with Gasteiger partial charge in [0.05, 0.1) is 0 Å². The maximum Gasteiger partial charge on any atom is 0.315 e. The molecule has 0 spiro atoms. The van der Waals surface area contributed by atoms with Crippen molar-refractivity contribution in [2.24, 2.45) is 5.73 Å². The Morgan fingerprint density at radius 1 is 1.50 bits per heavy atom. The first-order valence-electron chi connectivity index (χ1n) is 4.35. The highest BCUT2D eigenvalue weighted by molar-refractivity contribution is 7.89. The number of amides is 2. The number of nitrogens with two attached hydrogens (primary N) is 1. The number of hydrogen-bond acceptors (Lipinski definition) is 3. The Labute approximate surface area is 83.7 Å². The van der Waals surface area contributed by atoms with E-state index in [1.54, 1.807) is 0 Å². The van der Waals surface area contributed by atoms with Crippen molar-refractivity contribution < 1.29 is 13.2 Å².